The van der Waals surface area contributed by atoms with Crippen molar-refractivity contribution >= 4 is 23.6 Å². The van der Waals surface area contributed by atoms with Crippen LogP contribution in [0.2, 0.25) is 0 Å². The lowest BCUT2D eigenvalue weighted by Crippen LogP contribution is -2.48. The molecule has 23 heavy (non-hydrogen) atoms. The fourth-order valence-corrected chi connectivity index (χ4v) is 2.43. The highest BCUT2D eigenvalue weighted by atomic mass is 32.2. The number of hydrogen-bond donors (Lipinski definition) is 2. The Morgan fingerprint density at radius 3 is 2.43 bits per heavy atom. The first-order chi connectivity index (χ1) is 10.8. The Morgan fingerprint density at radius 1 is 1.22 bits per heavy atom. The van der Waals surface area contributed by atoms with Gasteiger partial charge < -0.3 is 15.5 Å². The molecule has 128 valence electrons. The van der Waals surface area contributed by atoms with Gasteiger partial charge in [-0.15, -0.1) is 11.8 Å². The van der Waals surface area contributed by atoms with Crippen molar-refractivity contribution in [2.24, 2.45) is 4.99 Å². The monoisotopic (exact) mass is 336 g/mol. The molecule has 1 aromatic rings. The lowest BCUT2D eigenvalue weighted by atomic mass is 10.1. The summed E-state index contributed by atoms with van der Waals surface area (Å²) in [4.78, 5) is 18.9. The SMILES string of the molecule is CN(C)C(=O)CN=C(NCCSc1ccccc1)NC(C)(C)C. The van der Waals surface area contributed by atoms with Gasteiger partial charge in [-0.25, -0.2) is 4.99 Å². The van der Waals surface area contributed by atoms with Crippen LogP contribution in [-0.2, 0) is 4.79 Å². The standard InChI is InChI=1S/C17H28N4OS/c1-17(2,3)20-16(19-13-15(22)21(4)5)18-11-12-23-14-9-7-6-8-10-14/h6-10H,11-13H2,1-5H3,(H2,18,19,20). The van der Waals surface area contributed by atoms with Gasteiger partial charge in [-0.3, -0.25) is 4.79 Å². The fraction of sp³-hybridized carbons (Fsp3) is 0.529. The maximum absolute atomic E-state index is 11.7. The molecule has 6 heteroatoms. The van der Waals surface area contributed by atoms with Crippen molar-refractivity contribution in [1.29, 1.82) is 0 Å². The summed E-state index contributed by atoms with van der Waals surface area (Å²) in [6.07, 6.45) is 0. The average Bonchev–Trinajstić information content (AvgIpc) is 2.48. The van der Waals surface area contributed by atoms with Crippen molar-refractivity contribution in [3.8, 4) is 0 Å². The van der Waals surface area contributed by atoms with E-state index in [0.717, 1.165) is 12.3 Å². The molecule has 5 nitrogen and oxygen atoms in total. The molecule has 0 aromatic heterocycles. The first-order valence-electron chi connectivity index (χ1n) is 7.72. The Kier molecular flexibility index (Phi) is 7.95. The van der Waals surface area contributed by atoms with E-state index in [1.807, 2.05) is 18.2 Å². The summed E-state index contributed by atoms with van der Waals surface area (Å²) >= 11 is 1.79. The summed E-state index contributed by atoms with van der Waals surface area (Å²) in [5, 5.41) is 6.60. The number of aliphatic imine (C=N–C) groups is 1. The number of hydrogen-bond acceptors (Lipinski definition) is 3. The molecule has 0 aliphatic carbocycles. The van der Waals surface area contributed by atoms with Gasteiger partial charge in [0.2, 0.25) is 5.91 Å². The minimum absolute atomic E-state index is 0.0151. The zero-order valence-electron chi connectivity index (χ0n) is 14.7. The van der Waals surface area contributed by atoms with Crippen LogP contribution in [0.4, 0.5) is 0 Å². The molecule has 0 saturated heterocycles. The largest absolute Gasteiger partial charge is 0.356 e. The van der Waals surface area contributed by atoms with E-state index in [9.17, 15) is 4.79 Å². The highest BCUT2D eigenvalue weighted by molar-refractivity contribution is 7.99. The minimum Gasteiger partial charge on any atom is -0.356 e. The van der Waals surface area contributed by atoms with Crippen molar-refractivity contribution < 1.29 is 4.79 Å². The predicted molar refractivity (Wildman–Crippen MR) is 99.1 cm³/mol. The normalized spacial score (nSPS) is 12.0. The second kappa shape index (κ2) is 9.45. The number of benzene rings is 1. The second-order valence-corrected chi connectivity index (χ2v) is 7.58. The van der Waals surface area contributed by atoms with Crippen LogP contribution in [-0.4, -0.2) is 55.2 Å². The molecule has 0 spiro atoms. The van der Waals surface area contributed by atoms with E-state index >= 15 is 0 Å². The molecule has 0 heterocycles. The lowest BCUT2D eigenvalue weighted by molar-refractivity contribution is -0.127. The van der Waals surface area contributed by atoms with Gasteiger partial charge in [0, 0.05) is 36.8 Å². The summed E-state index contributed by atoms with van der Waals surface area (Å²) < 4.78 is 0. The summed E-state index contributed by atoms with van der Waals surface area (Å²) in [6, 6.07) is 10.3. The van der Waals surface area contributed by atoms with Gasteiger partial charge in [-0.2, -0.15) is 0 Å². The number of thioether (sulfide) groups is 1. The van der Waals surface area contributed by atoms with E-state index in [1.165, 1.54) is 4.90 Å². The Bertz CT molecular complexity index is 509. The van der Waals surface area contributed by atoms with Gasteiger partial charge in [0.15, 0.2) is 5.96 Å². The van der Waals surface area contributed by atoms with Crippen molar-refractivity contribution in [3.05, 3.63) is 30.3 Å². The molecule has 0 aliphatic heterocycles. The Labute approximate surface area is 143 Å². The van der Waals surface area contributed by atoms with E-state index in [2.05, 4.69) is 48.5 Å². The number of amides is 1. The maximum Gasteiger partial charge on any atom is 0.243 e. The Balaban J connectivity index is 2.49. The molecule has 1 amide bonds. The highest BCUT2D eigenvalue weighted by Crippen LogP contribution is 2.15. The van der Waals surface area contributed by atoms with Gasteiger partial charge >= 0.3 is 0 Å². The zero-order chi connectivity index (χ0) is 17.3. The van der Waals surface area contributed by atoms with Crippen molar-refractivity contribution in [1.82, 2.24) is 15.5 Å². The molecule has 0 aliphatic rings. The van der Waals surface area contributed by atoms with Crippen LogP contribution >= 0.6 is 11.8 Å². The van der Waals surface area contributed by atoms with Crippen LogP contribution in [0, 0.1) is 0 Å². The van der Waals surface area contributed by atoms with Crippen LogP contribution in [0.5, 0.6) is 0 Å². The summed E-state index contributed by atoms with van der Waals surface area (Å²) in [7, 11) is 3.47. The summed E-state index contributed by atoms with van der Waals surface area (Å²) in [5.41, 5.74) is -0.112. The number of nitrogens with one attached hydrogen (secondary N) is 2. The molecule has 2 N–H and O–H groups in total. The molecule has 0 radical (unpaired) electrons. The van der Waals surface area contributed by atoms with E-state index in [-0.39, 0.29) is 18.0 Å². The van der Waals surface area contributed by atoms with Crippen molar-refractivity contribution in [2.75, 3.05) is 32.9 Å². The second-order valence-electron chi connectivity index (χ2n) is 6.42. The third kappa shape index (κ3) is 9.13. The number of likely N-dealkylation sites (N-methyl/N-ethyl adjacent to an activating group) is 1. The lowest BCUT2D eigenvalue weighted by Gasteiger charge is -2.24. The smallest absolute Gasteiger partial charge is 0.243 e. The van der Waals surface area contributed by atoms with E-state index < -0.39 is 0 Å². The molecule has 0 fully saturated rings. The van der Waals surface area contributed by atoms with E-state index in [4.69, 9.17) is 0 Å². The number of rotatable bonds is 6. The van der Waals surface area contributed by atoms with Gasteiger partial charge in [0.05, 0.1) is 0 Å². The Hall–Kier alpha value is -1.69. The van der Waals surface area contributed by atoms with Crippen LogP contribution in [0.25, 0.3) is 0 Å². The highest BCUT2D eigenvalue weighted by Gasteiger charge is 2.12. The number of carbonyl (C=O) groups is 1. The third-order valence-electron chi connectivity index (χ3n) is 2.77. The topological polar surface area (TPSA) is 56.7 Å². The van der Waals surface area contributed by atoms with Gasteiger partial charge in [-0.1, -0.05) is 18.2 Å². The number of guanidine groups is 1. The molecule has 0 bridgehead atoms. The first-order valence-corrected chi connectivity index (χ1v) is 8.71. The van der Waals surface area contributed by atoms with E-state index in [1.54, 1.807) is 30.8 Å². The van der Waals surface area contributed by atoms with Crippen molar-refractivity contribution in [2.45, 2.75) is 31.2 Å². The average molecular weight is 337 g/mol. The van der Waals surface area contributed by atoms with Crippen molar-refractivity contribution in [3.63, 3.8) is 0 Å². The Morgan fingerprint density at radius 2 is 1.87 bits per heavy atom. The fourth-order valence-electron chi connectivity index (χ4n) is 1.64. The minimum atomic E-state index is -0.112. The quantitative estimate of drug-likeness (QED) is 0.362. The first kappa shape index (κ1) is 19.4. The summed E-state index contributed by atoms with van der Waals surface area (Å²) in [5.74, 6) is 1.58. The van der Waals surface area contributed by atoms with Crippen LogP contribution in [0.3, 0.4) is 0 Å². The van der Waals surface area contributed by atoms with E-state index in [0.29, 0.717) is 5.96 Å². The third-order valence-corrected chi connectivity index (χ3v) is 3.78. The van der Waals surface area contributed by atoms with Gasteiger partial charge in [0.25, 0.3) is 0 Å². The summed E-state index contributed by atoms with van der Waals surface area (Å²) in [6.45, 7) is 7.12. The number of nitrogens with zero attached hydrogens (tertiary/aromatic N) is 2. The molecular weight excluding hydrogens is 308 g/mol. The van der Waals surface area contributed by atoms with Gasteiger partial charge in [-0.05, 0) is 32.9 Å². The van der Waals surface area contributed by atoms with Crippen LogP contribution in [0.1, 0.15) is 20.8 Å². The zero-order valence-corrected chi connectivity index (χ0v) is 15.5. The predicted octanol–water partition coefficient (Wildman–Crippen LogP) is 2.20. The van der Waals surface area contributed by atoms with Crippen LogP contribution in [0.15, 0.2) is 40.2 Å². The molecule has 0 unspecified atom stereocenters. The maximum atomic E-state index is 11.7. The molecule has 1 rings (SSSR count). The number of carbonyl (C=O) groups excluding carboxylic acids is 1. The van der Waals surface area contributed by atoms with Crippen LogP contribution < -0.4 is 10.6 Å². The molecular formula is C17H28N4OS. The molecule has 1 aromatic carbocycles. The molecule has 0 atom stereocenters. The van der Waals surface area contributed by atoms with Gasteiger partial charge in [0.1, 0.15) is 6.54 Å². The molecule has 0 saturated carbocycles.